The Morgan fingerprint density at radius 2 is 1.89 bits per heavy atom. The summed E-state index contributed by atoms with van der Waals surface area (Å²) in [4.78, 5) is 22.8. The maximum absolute atomic E-state index is 12.0. The van der Waals surface area contributed by atoms with Crippen LogP contribution in [0.5, 0.6) is 0 Å². The third-order valence-electron chi connectivity index (χ3n) is 2.93. The van der Waals surface area contributed by atoms with Crippen LogP contribution in [0, 0.1) is 5.92 Å². The van der Waals surface area contributed by atoms with Crippen molar-refractivity contribution in [2.45, 2.75) is 33.2 Å². The highest BCUT2D eigenvalue weighted by Crippen LogP contribution is 2.09. The number of hydrogen-bond acceptors (Lipinski definition) is 2. The number of carbonyl (C=O) groups excluding carboxylic acids is 1. The maximum Gasteiger partial charge on any atom is 0.335 e. The molecule has 1 aromatic carbocycles. The molecule has 0 radical (unpaired) electrons. The van der Waals surface area contributed by atoms with Crippen molar-refractivity contribution in [1.29, 1.82) is 0 Å². The average Bonchev–Trinajstić information content (AvgIpc) is 2.35. The quantitative estimate of drug-likeness (QED) is 0.842. The molecule has 0 aliphatic carbocycles. The van der Waals surface area contributed by atoms with Crippen molar-refractivity contribution in [3.63, 3.8) is 0 Å². The third-order valence-corrected chi connectivity index (χ3v) is 2.93. The van der Waals surface area contributed by atoms with E-state index < -0.39 is 5.97 Å². The summed E-state index contributed by atoms with van der Waals surface area (Å²) in [5.74, 6) is -0.902. The second-order valence-electron chi connectivity index (χ2n) is 4.62. The van der Waals surface area contributed by atoms with Gasteiger partial charge in [-0.2, -0.15) is 0 Å². The van der Waals surface area contributed by atoms with E-state index in [-0.39, 0.29) is 17.5 Å². The summed E-state index contributed by atoms with van der Waals surface area (Å²) in [5, 5.41) is 11.8. The van der Waals surface area contributed by atoms with E-state index in [0.717, 1.165) is 6.42 Å². The molecule has 0 spiro atoms. The van der Waals surface area contributed by atoms with Crippen molar-refractivity contribution in [1.82, 2.24) is 5.32 Å². The molecule has 4 nitrogen and oxygen atoms in total. The molecule has 0 aliphatic rings. The molecule has 1 atom stereocenters. The normalized spacial score (nSPS) is 12.2. The Morgan fingerprint density at radius 1 is 1.28 bits per heavy atom. The van der Waals surface area contributed by atoms with Gasteiger partial charge in [0.15, 0.2) is 0 Å². The highest BCUT2D eigenvalue weighted by molar-refractivity contribution is 5.97. The fourth-order valence-corrected chi connectivity index (χ4v) is 1.79. The van der Waals surface area contributed by atoms with E-state index in [0.29, 0.717) is 11.5 Å². The molecule has 0 bridgehead atoms. The zero-order valence-electron chi connectivity index (χ0n) is 10.9. The van der Waals surface area contributed by atoms with E-state index >= 15 is 0 Å². The number of rotatable bonds is 5. The predicted molar refractivity (Wildman–Crippen MR) is 69.8 cm³/mol. The van der Waals surface area contributed by atoms with E-state index in [1.54, 1.807) is 12.1 Å². The SMILES string of the molecule is CCC(NC(=O)c1cccc(C(=O)O)c1)C(C)C. The molecule has 0 heterocycles. The average molecular weight is 249 g/mol. The topological polar surface area (TPSA) is 66.4 Å². The van der Waals surface area contributed by atoms with Crippen LogP contribution in [0.3, 0.4) is 0 Å². The Kier molecular flexibility index (Phi) is 4.89. The van der Waals surface area contributed by atoms with Gasteiger partial charge in [0.1, 0.15) is 0 Å². The Balaban J connectivity index is 2.84. The molecular weight excluding hydrogens is 230 g/mol. The summed E-state index contributed by atoms with van der Waals surface area (Å²) in [6, 6.07) is 6.17. The standard InChI is InChI=1S/C14H19NO3/c1-4-12(9(2)3)15-13(16)10-6-5-7-11(8-10)14(17)18/h5-9,12H,4H2,1-3H3,(H,15,16)(H,17,18). The monoisotopic (exact) mass is 249 g/mol. The molecule has 1 aromatic rings. The smallest absolute Gasteiger partial charge is 0.335 e. The zero-order valence-corrected chi connectivity index (χ0v) is 10.9. The molecule has 98 valence electrons. The first kappa shape index (κ1) is 14.2. The largest absolute Gasteiger partial charge is 0.478 e. The lowest BCUT2D eigenvalue weighted by Crippen LogP contribution is -2.38. The fourth-order valence-electron chi connectivity index (χ4n) is 1.79. The molecule has 2 N–H and O–H groups in total. The van der Waals surface area contributed by atoms with E-state index in [1.807, 2.05) is 20.8 Å². The number of amides is 1. The summed E-state index contributed by atoms with van der Waals surface area (Å²) < 4.78 is 0. The number of hydrogen-bond donors (Lipinski definition) is 2. The number of nitrogens with one attached hydrogen (secondary N) is 1. The number of carboxylic acid groups (broad SMARTS) is 1. The summed E-state index contributed by atoms with van der Waals surface area (Å²) in [6.45, 7) is 6.10. The van der Waals surface area contributed by atoms with Crippen LogP contribution in [-0.2, 0) is 0 Å². The number of carboxylic acids is 1. The van der Waals surface area contributed by atoms with Gasteiger partial charge in [0.25, 0.3) is 5.91 Å². The van der Waals surface area contributed by atoms with Gasteiger partial charge in [0.05, 0.1) is 5.56 Å². The predicted octanol–water partition coefficient (Wildman–Crippen LogP) is 2.55. The summed E-state index contributed by atoms with van der Waals surface area (Å²) in [7, 11) is 0. The van der Waals surface area contributed by atoms with Crippen LogP contribution in [0.15, 0.2) is 24.3 Å². The molecule has 0 saturated heterocycles. The van der Waals surface area contributed by atoms with Gasteiger partial charge < -0.3 is 10.4 Å². The lowest BCUT2D eigenvalue weighted by molar-refractivity contribution is 0.0697. The molecule has 18 heavy (non-hydrogen) atoms. The second kappa shape index (κ2) is 6.19. The molecule has 0 aliphatic heterocycles. The third kappa shape index (κ3) is 3.58. The second-order valence-corrected chi connectivity index (χ2v) is 4.62. The van der Waals surface area contributed by atoms with Crippen molar-refractivity contribution in [3.05, 3.63) is 35.4 Å². The van der Waals surface area contributed by atoms with Gasteiger partial charge in [-0.1, -0.05) is 26.8 Å². The van der Waals surface area contributed by atoms with E-state index in [4.69, 9.17) is 5.11 Å². The summed E-state index contributed by atoms with van der Waals surface area (Å²) in [6.07, 6.45) is 0.849. The van der Waals surface area contributed by atoms with Crippen LogP contribution in [0.25, 0.3) is 0 Å². The first-order chi connectivity index (χ1) is 8.45. The van der Waals surface area contributed by atoms with Gasteiger partial charge in [-0.15, -0.1) is 0 Å². The maximum atomic E-state index is 12.0. The lowest BCUT2D eigenvalue weighted by atomic mass is 10.0. The van der Waals surface area contributed by atoms with Crippen LogP contribution in [0.2, 0.25) is 0 Å². The van der Waals surface area contributed by atoms with Crippen LogP contribution in [-0.4, -0.2) is 23.0 Å². The molecule has 1 rings (SSSR count). The van der Waals surface area contributed by atoms with Crippen molar-refractivity contribution >= 4 is 11.9 Å². The van der Waals surface area contributed by atoms with Gasteiger partial charge in [0, 0.05) is 11.6 Å². The van der Waals surface area contributed by atoms with Crippen LogP contribution < -0.4 is 5.32 Å². The number of carbonyl (C=O) groups is 2. The van der Waals surface area contributed by atoms with Crippen LogP contribution >= 0.6 is 0 Å². The van der Waals surface area contributed by atoms with Gasteiger partial charge in [-0.25, -0.2) is 4.79 Å². The number of benzene rings is 1. The highest BCUT2D eigenvalue weighted by atomic mass is 16.4. The Labute approximate surface area is 107 Å². The minimum Gasteiger partial charge on any atom is -0.478 e. The van der Waals surface area contributed by atoms with Crippen molar-refractivity contribution in [2.75, 3.05) is 0 Å². The minimum atomic E-state index is -1.03. The van der Waals surface area contributed by atoms with Gasteiger partial charge >= 0.3 is 5.97 Å². The molecule has 0 saturated carbocycles. The van der Waals surface area contributed by atoms with Crippen molar-refractivity contribution in [3.8, 4) is 0 Å². The van der Waals surface area contributed by atoms with E-state index in [2.05, 4.69) is 5.32 Å². The van der Waals surface area contributed by atoms with Crippen LogP contribution in [0.1, 0.15) is 47.9 Å². The molecule has 4 heteroatoms. The fraction of sp³-hybridized carbons (Fsp3) is 0.429. The van der Waals surface area contributed by atoms with Gasteiger partial charge in [-0.05, 0) is 30.5 Å². The van der Waals surface area contributed by atoms with Crippen LogP contribution in [0.4, 0.5) is 0 Å². The van der Waals surface area contributed by atoms with E-state index in [1.165, 1.54) is 12.1 Å². The highest BCUT2D eigenvalue weighted by Gasteiger charge is 2.16. The Bertz CT molecular complexity index is 440. The molecular formula is C14H19NO3. The van der Waals surface area contributed by atoms with E-state index in [9.17, 15) is 9.59 Å². The Morgan fingerprint density at radius 3 is 2.39 bits per heavy atom. The molecule has 1 amide bonds. The first-order valence-corrected chi connectivity index (χ1v) is 6.10. The minimum absolute atomic E-state index is 0.103. The first-order valence-electron chi connectivity index (χ1n) is 6.10. The van der Waals surface area contributed by atoms with Crippen molar-refractivity contribution in [2.24, 2.45) is 5.92 Å². The Hall–Kier alpha value is -1.84. The van der Waals surface area contributed by atoms with Gasteiger partial charge in [-0.3, -0.25) is 4.79 Å². The zero-order chi connectivity index (χ0) is 13.7. The molecule has 0 aromatic heterocycles. The summed E-state index contributed by atoms with van der Waals surface area (Å²) >= 11 is 0. The molecule has 1 unspecified atom stereocenters. The van der Waals surface area contributed by atoms with Gasteiger partial charge in [0.2, 0.25) is 0 Å². The lowest BCUT2D eigenvalue weighted by Gasteiger charge is -2.20. The molecule has 0 fully saturated rings. The summed E-state index contributed by atoms with van der Waals surface area (Å²) in [5.41, 5.74) is 0.509. The number of aromatic carboxylic acids is 1. The van der Waals surface area contributed by atoms with Crippen molar-refractivity contribution < 1.29 is 14.7 Å².